The van der Waals surface area contributed by atoms with E-state index in [1.165, 1.54) is 0 Å². The van der Waals surface area contributed by atoms with Gasteiger partial charge in [0, 0.05) is 36.6 Å². The number of carbonyl (C=O) groups is 1. The molecule has 1 saturated heterocycles. The van der Waals surface area contributed by atoms with Crippen LogP contribution in [0, 0.1) is 18.3 Å². The standard InChI is InChI=1S/C18H25N5O/c1-12-8-20-16(21-12)15-10-19-9-14(22-15)7-13-5-6-23(11-13)17(24)18(2,3)4/h8-10,13H,5-7,11H2,1-4H3,(H,20,21)/t13-/m0/s1. The summed E-state index contributed by atoms with van der Waals surface area (Å²) < 4.78 is 0. The Kier molecular flexibility index (Phi) is 4.39. The van der Waals surface area contributed by atoms with E-state index in [1.807, 2.05) is 38.8 Å². The summed E-state index contributed by atoms with van der Waals surface area (Å²) in [5, 5.41) is 0. The first kappa shape index (κ1) is 16.6. The van der Waals surface area contributed by atoms with Gasteiger partial charge in [-0.05, 0) is 25.7 Å². The number of hydrogen-bond acceptors (Lipinski definition) is 4. The quantitative estimate of drug-likeness (QED) is 0.940. The van der Waals surface area contributed by atoms with Gasteiger partial charge >= 0.3 is 0 Å². The zero-order valence-electron chi connectivity index (χ0n) is 14.8. The van der Waals surface area contributed by atoms with Gasteiger partial charge in [0.05, 0.1) is 11.9 Å². The fourth-order valence-corrected chi connectivity index (χ4v) is 3.12. The van der Waals surface area contributed by atoms with Crippen LogP contribution in [0.25, 0.3) is 11.5 Å². The lowest BCUT2D eigenvalue weighted by Crippen LogP contribution is -2.38. The van der Waals surface area contributed by atoms with Crippen LogP contribution in [-0.2, 0) is 11.2 Å². The van der Waals surface area contributed by atoms with Crippen LogP contribution in [-0.4, -0.2) is 43.8 Å². The van der Waals surface area contributed by atoms with Crippen molar-refractivity contribution in [3.63, 3.8) is 0 Å². The molecule has 3 heterocycles. The molecule has 128 valence electrons. The van der Waals surface area contributed by atoms with Crippen molar-refractivity contribution in [1.29, 1.82) is 0 Å². The predicted octanol–water partition coefficient (Wildman–Crippen LogP) is 2.61. The molecule has 0 unspecified atom stereocenters. The van der Waals surface area contributed by atoms with Crippen LogP contribution in [0.1, 0.15) is 38.6 Å². The number of likely N-dealkylation sites (tertiary alicyclic amines) is 1. The van der Waals surface area contributed by atoms with E-state index in [9.17, 15) is 4.79 Å². The minimum atomic E-state index is -0.314. The van der Waals surface area contributed by atoms with E-state index in [1.54, 1.807) is 12.4 Å². The highest BCUT2D eigenvalue weighted by atomic mass is 16.2. The maximum Gasteiger partial charge on any atom is 0.227 e. The largest absolute Gasteiger partial charge is 0.342 e. The second-order valence-corrected chi connectivity index (χ2v) is 7.67. The molecule has 2 aromatic heterocycles. The van der Waals surface area contributed by atoms with Crippen molar-refractivity contribution >= 4 is 5.91 Å². The first-order valence-corrected chi connectivity index (χ1v) is 8.45. The predicted molar refractivity (Wildman–Crippen MR) is 92.2 cm³/mol. The van der Waals surface area contributed by atoms with Crippen LogP contribution in [0.15, 0.2) is 18.6 Å². The Balaban J connectivity index is 1.66. The number of carbonyl (C=O) groups excluding carboxylic acids is 1. The van der Waals surface area contributed by atoms with Crippen molar-refractivity contribution in [2.45, 2.75) is 40.5 Å². The van der Waals surface area contributed by atoms with Gasteiger partial charge in [-0.1, -0.05) is 20.8 Å². The molecule has 2 aromatic rings. The van der Waals surface area contributed by atoms with Gasteiger partial charge in [-0.3, -0.25) is 9.78 Å². The van der Waals surface area contributed by atoms with Crippen molar-refractivity contribution in [3.05, 3.63) is 30.0 Å². The molecule has 0 bridgehead atoms. The maximum absolute atomic E-state index is 12.4. The Hall–Kier alpha value is -2.24. The fourth-order valence-electron chi connectivity index (χ4n) is 3.12. The number of nitrogens with zero attached hydrogens (tertiary/aromatic N) is 4. The van der Waals surface area contributed by atoms with E-state index in [0.717, 1.165) is 48.8 Å². The average Bonchev–Trinajstić information content (AvgIpc) is 3.15. The molecule has 1 aliphatic rings. The monoisotopic (exact) mass is 327 g/mol. The highest BCUT2D eigenvalue weighted by molar-refractivity contribution is 5.81. The number of H-pyrrole nitrogens is 1. The van der Waals surface area contributed by atoms with E-state index in [2.05, 4.69) is 19.9 Å². The number of imidazole rings is 1. The molecule has 0 aromatic carbocycles. The number of amides is 1. The van der Waals surface area contributed by atoms with Crippen LogP contribution < -0.4 is 0 Å². The smallest absolute Gasteiger partial charge is 0.227 e. The summed E-state index contributed by atoms with van der Waals surface area (Å²) in [6, 6.07) is 0. The van der Waals surface area contributed by atoms with Gasteiger partial charge in [-0.15, -0.1) is 0 Å². The molecule has 0 aliphatic carbocycles. The molecule has 0 saturated carbocycles. The van der Waals surface area contributed by atoms with E-state index in [4.69, 9.17) is 0 Å². The summed E-state index contributed by atoms with van der Waals surface area (Å²) in [6.45, 7) is 9.54. The summed E-state index contributed by atoms with van der Waals surface area (Å²) >= 11 is 0. The van der Waals surface area contributed by atoms with Gasteiger partial charge in [0.15, 0.2) is 5.82 Å². The first-order chi connectivity index (χ1) is 11.3. The van der Waals surface area contributed by atoms with Gasteiger partial charge in [0.1, 0.15) is 5.69 Å². The molecule has 24 heavy (non-hydrogen) atoms. The van der Waals surface area contributed by atoms with Crippen molar-refractivity contribution in [2.24, 2.45) is 11.3 Å². The summed E-state index contributed by atoms with van der Waals surface area (Å²) in [6.07, 6.45) is 7.19. The molecule has 0 spiro atoms. The highest BCUT2D eigenvalue weighted by Crippen LogP contribution is 2.26. The first-order valence-electron chi connectivity index (χ1n) is 8.45. The lowest BCUT2D eigenvalue weighted by Gasteiger charge is -2.25. The summed E-state index contributed by atoms with van der Waals surface area (Å²) in [7, 11) is 0. The Morgan fingerprint density at radius 3 is 2.79 bits per heavy atom. The number of nitrogens with one attached hydrogen (secondary N) is 1. The fraction of sp³-hybridized carbons (Fsp3) is 0.556. The third-order valence-corrected chi connectivity index (χ3v) is 4.34. The molecule has 3 rings (SSSR count). The number of hydrogen-bond donors (Lipinski definition) is 1. The molecule has 6 nitrogen and oxygen atoms in total. The zero-order valence-corrected chi connectivity index (χ0v) is 14.8. The van der Waals surface area contributed by atoms with Crippen LogP contribution in [0.5, 0.6) is 0 Å². The topological polar surface area (TPSA) is 74.8 Å². The van der Waals surface area contributed by atoms with Crippen molar-refractivity contribution < 1.29 is 4.79 Å². The van der Waals surface area contributed by atoms with Crippen molar-refractivity contribution in [3.8, 4) is 11.5 Å². The van der Waals surface area contributed by atoms with Crippen molar-refractivity contribution in [2.75, 3.05) is 13.1 Å². The van der Waals surface area contributed by atoms with Crippen LogP contribution in [0.4, 0.5) is 0 Å². The van der Waals surface area contributed by atoms with E-state index >= 15 is 0 Å². The average molecular weight is 327 g/mol. The number of aromatic nitrogens is 4. The summed E-state index contributed by atoms with van der Waals surface area (Å²) in [5.41, 5.74) is 2.41. The third-order valence-electron chi connectivity index (χ3n) is 4.34. The molecular weight excluding hydrogens is 302 g/mol. The molecule has 1 amide bonds. The number of aryl methyl sites for hydroxylation is 1. The summed E-state index contributed by atoms with van der Waals surface area (Å²) in [5.74, 6) is 1.42. The number of rotatable bonds is 3. The van der Waals surface area contributed by atoms with E-state index in [0.29, 0.717) is 5.92 Å². The van der Waals surface area contributed by atoms with E-state index in [-0.39, 0.29) is 11.3 Å². The summed E-state index contributed by atoms with van der Waals surface area (Å²) in [4.78, 5) is 30.9. The van der Waals surface area contributed by atoms with Gasteiger partial charge < -0.3 is 9.88 Å². The second kappa shape index (κ2) is 6.34. The van der Waals surface area contributed by atoms with Gasteiger partial charge in [0.25, 0.3) is 0 Å². The van der Waals surface area contributed by atoms with E-state index < -0.39 is 0 Å². The van der Waals surface area contributed by atoms with Gasteiger partial charge in [-0.2, -0.15) is 0 Å². The van der Waals surface area contributed by atoms with Crippen LogP contribution in [0.2, 0.25) is 0 Å². The minimum Gasteiger partial charge on any atom is -0.342 e. The zero-order chi connectivity index (χ0) is 17.3. The van der Waals surface area contributed by atoms with Crippen molar-refractivity contribution in [1.82, 2.24) is 24.8 Å². The Morgan fingerprint density at radius 1 is 1.33 bits per heavy atom. The third kappa shape index (κ3) is 3.63. The van der Waals surface area contributed by atoms with Crippen LogP contribution in [0.3, 0.4) is 0 Å². The van der Waals surface area contributed by atoms with Crippen LogP contribution >= 0.6 is 0 Å². The Labute approximate surface area is 142 Å². The SMILES string of the molecule is Cc1cnc(-c2cncc(C[C@@H]3CCN(C(=O)C(C)(C)C)C3)n2)[nH]1. The normalized spacial score (nSPS) is 18.2. The second-order valence-electron chi connectivity index (χ2n) is 7.67. The maximum atomic E-state index is 12.4. The highest BCUT2D eigenvalue weighted by Gasteiger charge is 2.32. The Morgan fingerprint density at radius 2 is 2.12 bits per heavy atom. The molecule has 1 fully saturated rings. The molecule has 0 radical (unpaired) electrons. The van der Waals surface area contributed by atoms with Gasteiger partial charge in [-0.25, -0.2) is 9.97 Å². The molecular formula is C18H25N5O. The molecule has 1 aliphatic heterocycles. The molecule has 1 N–H and O–H groups in total. The minimum absolute atomic E-state index is 0.232. The lowest BCUT2D eigenvalue weighted by molar-refractivity contribution is -0.138. The Bertz CT molecular complexity index is 731. The number of aromatic amines is 1. The van der Waals surface area contributed by atoms with Gasteiger partial charge in [0.2, 0.25) is 5.91 Å². The lowest BCUT2D eigenvalue weighted by atomic mass is 9.95. The molecule has 6 heteroatoms. The molecule has 1 atom stereocenters.